The van der Waals surface area contributed by atoms with Crippen molar-refractivity contribution in [2.45, 2.75) is 6.10 Å². The molecule has 50 heavy (non-hydrogen) atoms. The van der Waals surface area contributed by atoms with Gasteiger partial charge in [0.15, 0.2) is 6.61 Å². The predicted octanol–water partition coefficient (Wildman–Crippen LogP) is 6.73. The van der Waals surface area contributed by atoms with Gasteiger partial charge in [0.2, 0.25) is 0 Å². The Morgan fingerprint density at radius 2 is 1.78 bits per heavy atom. The van der Waals surface area contributed by atoms with Crippen LogP contribution in [0.4, 0.5) is 8.63 Å². The number of hydrogen-bond acceptors (Lipinski definition) is 7. The fraction of sp³-hybridized carbons (Fsp3) is 0.158. The highest BCUT2D eigenvalue weighted by molar-refractivity contribution is 7.13. The molecule has 1 atom stereocenters. The van der Waals surface area contributed by atoms with Crippen LogP contribution in [0.1, 0.15) is 11.3 Å². The number of nitrogens with one attached hydrogen (secondary N) is 2. The fourth-order valence-electron chi connectivity index (χ4n) is 5.33. The molecule has 0 radical (unpaired) electrons. The first kappa shape index (κ1) is 34.6. The number of nitrogens with zero attached hydrogens (tertiary/aromatic N) is 2. The molecule has 1 aliphatic heterocycles. The molecule has 12 heteroatoms. The second-order valence-corrected chi connectivity index (χ2v) is 12.3. The maximum atomic E-state index is 13.9. The van der Waals surface area contributed by atoms with E-state index < -0.39 is 13.5 Å². The average Bonchev–Trinajstić information content (AvgIpc) is 3.91. The largest absolute Gasteiger partial charge is 0.678 e. The molecule has 1 aliphatic rings. The molecule has 0 fully saturated rings. The van der Waals surface area contributed by atoms with E-state index >= 15 is 0 Å². The molecule has 0 bridgehead atoms. The number of carbonyl (C=O) groups excluding carboxylic acids is 1. The molecule has 0 unspecified atom stereocenters. The summed E-state index contributed by atoms with van der Waals surface area (Å²) < 4.78 is 40.3. The van der Waals surface area contributed by atoms with Crippen molar-refractivity contribution in [1.82, 2.24) is 15.1 Å². The maximum Gasteiger partial charge on any atom is 0.678 e. The molecule has 6 rings (SSSR count). The van der Waals surface area contributed by atoms with E-state index in [4.69, 9.17) is 9.47 Å². The Morgan fingerprint density at radius 1 is 0.940 bits per heavy atom. The highest BCUT2D eigenvalue weighted by Crippen LogP contribution is 2.30. The first-order valence-corrected chi connectivity index (χ1v) is 17.0. The number of aliphatic hydroxyl groups excluding tert-OH is 1. The molecule has 2 aromatic heterocycles. The molecule has 0 spiro atoms. The van der Waals surface area contributed by atoms with Crippen LogP contribution in [-0.4, -0.2) is 67.6 Å². The van der Waals surface area contributed by atoms with Crippen LogP contribution >= 0.6 is 11.3 Å². The standard InChI is InChI=1S/C38H35BF2N4O4S/c40-39(41)45-31(16-19-35(45)37-9-4-22-50-37)23-30-15-14-29(44-30)13-10-27-11-17-33(18-12-27)48-26-38(47)43-21-20-42-24-32(46)25-49-36-8-3-6-28-5-1-2-7-34(28)36/h1-19,22-23,32,42,46H,20-21,24-26H2,(H,43,47)/b13-10+,30-23-/t32-/m0/s1. The molecule has 254 valence electrons. The van der Waals surface area contributed by atoms with E-state index in [0.29, 0.717) is 48.2 Å². The van der Waals surface area contributed by atoms with Gasteiger partial charge in [-0.15, -0.1) is 11.3 Å². The molecule has 5 aromatic rings. The van der Waals surface area contributed by atoms with Crippen LogP contribution in [0.5, 0.6) is 11.5 Å². The van der Waals surface area contributed by atoms with E-state index in [1.165, 1.54) is 11.3 Å². The van der Waals surface area contributed by atoms with Crippen molar-refractivity contribution in [3.63, 3.8) is 0 Å². The van der Waals surface area contributed by atoms with Crippen LogP contribution < -0.4 is 20.1 Å². The molecule has 8 nitrogen and oxygen atoms in total. The van der Waals surface area contributed by atoms with Crippen molar-refractivity contribution in [3.05, 3.63) is 132 Å². The predicted molar refractivity (Wildman–Crippen MR) is 198 cm³/mol. The van der Waals surface area contributed by atoms with Gasteiger partial charge in [-0.2, -0.15) is 0 Å². The molecule has 3 heterocycles. The summed E-state index contributed by atoms with van der Waals surface area (Å²) in [6.45, 7) is 1.21. The Balaban J connectivity index is 0.888. The molecule has 0 saturated carbocycles. The van der Waals surface area contributed by atoms with E-state index in [2.05, 4.69) is 15.6 Å². The lowest BCUT2D eigenvalue weighted by molar-refractivity contribution is -0.123. The number of ether oxygens (including phenoxy) is 2. The number of aliphatic imine (C=N–C) groups is 1. The Morgan fingerprint density at radius 3 is 2.60 bits per heavy atom. The number of benzene rings is 3. The monoisotopic (exact) mass is 692 g/mol. The first-order valence-electron chi connectivity index (χ1n) is 16.1. The van der Waals surface area contributed by atoms with Crippen LogP contribution in [0, 0.1) is 0 Å². The van der Waals surface area contributed by atoms with Crippen molar-refractivity contribution in [2.75, 3.05) is 32.8 Å². The third-order valence-corrected chi connectivity index (χ3v) is 8.67. The van der Waals surface area contributed by atoms with Gasteiger partial charge >= 0.3 is 7.40 Å². The maximum absolute atomic E-state index is 13.9. The molecule has 1 amide bonds. The summed E-state index contributed by atoms with van der Waals surface area (Å²) in [5.41, 5.74) is 3.03. The summed E-state index contributed by atoms with van der Waals surface area (Å²) in [6.07, 6.45) is 8.29. The molecular formula is C38H35BF2N4O4S. The van der Waals surface area contributed by atoms with Crippen molar-refractivity contribution < 1.29 is 28.0 Å². The van der Waals surface area contributed by atoms with Crippen LogP contribution in [0.25, 0.3) is 33.5 Å². The number of allylic oxidation sites excluding steroid dienone is 3. The van der Waals surface area contributed by atoms with Gasteiger partial charge in [0.25, 0.3) is 5.91 Å². The number of aromatic nitrogens is 1. The number of amides is 1. The van der Waals surface area contributed by atoms with Crippen LogP contribution in [0.3, 0.4) is 0 Å². The van der Waals surface area contributed by atoms with Gasteiger partial charge in [-0.25, -0.2) is 4.99 Å². The number of aliphatic hydroxyl groups is 1. The lowest BCUT2D eigenvalue weighted by Crippen LogP contribution is -2.38. The third-order valence-electron chi connectivity index (χ3n) is 7.78. The Hall–Kier alpha value is -5.30. The van der Waals surface area contributed by atoms with E-state index in [1.54, 1.807) is 36.4 Å². The van der Waals surface area contributed by atoms with Crippen LogP contribution in [-0.2, 0) is 4.79 Å². The minimum Gasteiger partial charge on any atom is -0.490 e. The number of halogens is 2. The molecule has 3 N–H and O–H groups in total. The fourth-order valence-corrected chi connectivity index (χ4v) is 6.07. The van der Waals surface area contributed by atoms with Crippen molar-refractivity contribution in [1.29, 1.82) is 0 Å². The quantitative estimate of drug-likeness (QED) is 0.0788. The van der Waals surface area contributed by atoms with Gasteiger partial charge in [-0.1, -0.05) is 60.7 Å². The average molecular weight is 693 g/mol. The van der Waals surface area contributed by atoms with Crippen molar-refractivity contribution in [3.8, 4) is 22.1 Å². The zero-order valence-electron chi connectivity index (χ0n) is 27.0. The summed E-state index contributed by atoms with van der Waals surface area (Å²) in [7, 11) is -2.67. The van der Waals surface area contributed by atoms with Gasteiger partial charge in [0.1, 0.15) is 24.2 Å². The van der Waals surface area contributed by atoms with E-state index in [9.17, 15) is 18.5 Å². The van der Waals surface area contributed by atoms with Gasteiger partial charge in [-0.3, -0.25) is 13.4 Å². The number of hydrogen-bond donors (Lipinski definition) is 3. The summed E-state index contributed by atoms with van der Waals surface area (Å²) >= 11 is 1.42. The normalized spacial score (nSPS) is 14.0. The zero-order chi connectivity index (χ0) is 34.7. The summed E-state index contributed by atoms with van der Waals surface area (Å²) in [5.74, 6) is 1.03. The molecule has 0 saturated heterocycles. The topological polar surface area (TPSA) is 97.1 Å². The lowest BCUT2D eigenvalue weighted by Gasteiger charge is -2.15. The Kier molecular flexibility index (Phi) is 11.7. The SMILES string of the molecule is O=C(COc1ccc(/C=C/C2=NC(=C\c3ccc(-c4cccs4)n3B(F)F)/C=C2)cc1)NCCNC[C@H](O)COc1cccc2ccccc12. The Bertz CT molecular complexity index is 2020. The lowest BCUT2D eigenvalue weighted by atomic mass is 10.1. The zero-order valence-corrected chi connectivity index (χ0v) is 27.9. The third kappa shape index (κ3) is 9.23. The highest BCUT2D eigenvalue weighted by Gasteiger charge is 2.24. The van der Waals surface area contributed by atoms with Crippen LogP contribution in [0.15, 0.2) is 125 Å². The number of fused-ring (bicyclic) bond motifs is 1. The van der Waals surface area contributed by atoms with E-state index in [0.717, 1.165) is 31.4 Å². The second-order valence-electron chi connectivity index (χ2n) is 11.4. The van der Waals surface area contributed by atoms with E-state index in [-0.39, 0.29) is 19.1 Å². The number of rotatable bonds is 16. The number of carbonyl (C=O) groups is 1. The van der Waals surface area contributed by atoms with Gasteiger partial charge in [0.05, 0.1) is 17.1 Å². The summed E-state index contributed by atoms with van der Waals surface area (Å²) in [5, 5.41) is 20.1. The highest BCUT2D eigenvalue weighted by atomic mass is 32.1. The molecule has 3 aromatic carbocycles. The second kappa shape index (κ2) is 16.9. The minimum absolute atomic E-state index is 0.128. The molecular weight excluding hydrogens is 657 g/mol. The molecule has 0 aliphatic carbocycles. The van der Waals surface area contributed by atoms with Gasteiger partial charge in [-0.05, 0) is 77.0 Å². The van der Waals surface area contributed by atoms with Gasteiger partial charge < -0.3 is 29.7 Å². The van der Waals surface area contributed by atoms with Crippen LogP contribution in [0.2, 0.25) is 0 Å². The van der Waals surface area contributed by atoms with Crippen molar-refractivity contribution >= 4 is 53.3 Å². The van der Waals surface area contributed by atoms with Gasteiger partial charge in [0, 0.05) is 35.6 Å². The first-order chi connectivity index (χ1) is 24.4. The smallest absolute Gasteiger partial charge is 0.490 e. The van der Waals surface area contributed by atoms with E-state index in [1.807, 2.05) is 90.3 Å². The Labute approximate surface area is 293 Å². The summed E-state index contributed by atoms with van der Waals surface area (Å²) in [6, 6.07) is 28.1. The number of thiophene rings is 1. The summed E-state index contributed by atoms with van der Waals surface area (Å²) in [4.78, 5) is 17.6. The van der Waals surface area contributed by atoms with Crippen molar-refractivity contribution in [2.24, 2.45) is 4.99 Å². The minimum atomic E-state index is -2.67.